The second kappa shape index (κ2) is 11.8. The Morgan fingerprint density at radius 3 is 2.45 bits per heavy atom. The molecule has 8 nitrogen and oxygen atoms in total. The molecule has 0 saturated heterocycles. The van der Waals surface area contributed by atoms with Crippen LogP contribution in [-0.2, 0) is 30.6 Å². The van der Waals surface area contributed by atoms with Crippen LogP contribution < -0.4 is 16.2 Å². The highest BCUT2D eigenvalue weighted by Gasteiger charge is 2.33. The second-order valence-electron chi connectivity index (χ2n) is 10.6. The van der Waals surface area contributed by atoms with Crippen molar-refractivity contribution in [3.63, 3.8) is 0 Å². The molecule has 2 atom stereocenters. The standard InChI is InChI=1S/C32H36N6O2/c1-32(34,31(33)39)20-24(19-25-21-35-28-11-7-6-10-27(25)28)30-37-36-29(18-23-12-14-26(40-2)15-13-23)38(30)17-16-22-8-4-3-5-9-22/h3-15,21,24,35H,16-20,34H2,1-2H3,(H2,33,39)/t24-,32?/m1/s1. The van der Waals surface area contributed by atoms with Gasteiger partial charge in [-0.1, -0.05) is 60.7 Å². The molecule has 0 saturated carbocycles. The summed E-state index contributed by atoms with van der Waals surface area (Å²) < 4.78 is 7.53. The molecule has 206 valence electrons. The Kier molecular flexibility index (Phi) is 7.98. The van der Waals surface area contributed by atoms with Crippen molar-refractivity contribution in [2.45, 2.75) is 50.6 Å². The maximum atomic E-state index is 12.3. The van der Waals surface area contributed by atoms with E-state index in [1.54, 1.807) is 14.0 Å². The molecule has 0 radical (unpaired) electrons. The van der Waals surface area contributed by atoms with E-state index in [2.05, 4.69) is 38.9 Å². The van der Waals surface area contributed by atoms with Crippen LogP contribution in [0, 0.1) is 0 Å². The number of aromatic nitrogens is 4. The van der Waals surface area contributed by atoms with E-state index in [1.807, 2.05) is 60.8 Å². The number of benzene rings is 3. The number of ether oxygens (including phenoxy) is 1. The lowest BCUT2D eigenvalue weighted by Gasteiger charge is -2.27. The van der Waals surface area contributed by atoms with Gasteiger partial charge in [-0.05, 0) is 61.1 Å². The van der Waals surface area contributed by atoms with Crippen LogP contribution in [0.3, 0.4) is 0 Å². The summed E-state index contributed by atoms with van der Waals surface area (Å²) in [4.78, 5) is 15.7. The number of para-hydroxylation sites is 1. The van der Waals surface area contributed by atoms with E-state index in [9.17, 15) is 4.79 Å². The Labute approximate surface area is 234 Å². The van der Waals surface area contributed by atoms with Gasteiger partial charge in [0.1, 0.15) is 17.4 Å². The molecule has 5 rings (SSSR count). The van der Waals surface area contributed by atoms with Crippen LogP contribution in [0.1, 0.15) is 47.6 Å². The monoisotopic (exact) mass is 536 g/mol. The van der Waals surface area contributed by atoms with Crippen molar-refractivity contribution >= 4 is 16.8 Å². The predicted octanol–water partition coefficient (Wildman–Crippen LogP) is 4.52. The fraction of sp³-hybridized carbons (Fsp3) is 0.281. The molecule has 0 aliphatic carbocycles. The van der Waals surface area contributed by atoms with Crippen LogP contribution >= 0.6 is 0 Å². The molecule has 5 N–H and O–H groups in total. The van der Waals surface area contributed by atoms with Gasteiger partial charge in [0, 0.05) is 36.0 Å². The summed E-state index contributed by atoms with van der Waals surface area (Å²) >= 11 is 0. The second-order valence-corrected chi connectivity index (χ2v) is 10.6. The molecule has 2 heterocycles. The lowest BCUT2D eigenvalue weighted by Crippen LogP contribution is -2.50. The first-order chi connectivity index (χ1) is 19.3. The van der Waals surface area contributed by atoms with Crippen LogP contribution in [0.4, 0.5) is 0 Å². The number of hydrogen-bond acceptors (Lipinski definition) is 5. The highest BCUT2D eigenvalue weighted by molar-refractivity contribution is 5.84. The van der Waals surface area contributed by atoms with Crippen molar-refractivity contribution in [2.24, 2.45) is 11.5 Å². The number of methoxy groups -OCH3 is 1. The highest BCUT2D eigenvalue weighted by atomic mass is 16.5. The molecule has 8 heteroatoms. The van der Waals surface area contributed by atoms with Crippen LogP contribution in [0.5, 0.6) is 5.75 Å². The van der Waals surface area contributed by atoms with Crippen molar-refractivity contribution < 1.29 is 9.53 Å². The maximum Gasteiger partial charge on any atom is 0.237 e. The molecule has 0 aliphatic rings. The van der Waals surface area contributed by atoms with E-state index in [0.29, 0.717) is 25.8 Å². The summed E-state index contributed by atoms with van der Waals surface area (Å²) in [6.45, 7) is 2.39. The van der Waals surface area contributed by atoms with Crippen LogP contribution in [-0.4, -0.2) is 38.3 Å². The third-order valence-electron chi connectivity index (χ3n) is 7.58. The van der Waals surface area contributed by atoms with E-state index in [-0.39, 0.29) is 5.92 Å². The van der Waals surface area contributed by atoms with Gasteiger partial charge in [-0.15, -0.1) is 10.2 Å². The zero-order chi connectivity index (χ0) is 28.1. The molecule has 3 aromatic carbocycles. The minimum absolute atomic E-state index is 0.186. The first-order valence-electron chi connectivity index (χ1n) is 13.6. The molecule has 1 amide bonds. The van der Waals surface area contributed by atoms with Gasteiger partial charge in [-0.2, -0.15) is 0 Å². The van der Waals surface area contributed by atoms with Gasteiger partial charge in [0.25, 0.3) is 0 Å². The van der Waals surface area contributed by atoms with Crippen molar-refractivity contribution in [1.29, 1.82) is 0 Å². The molecule has 5 aromatic rings. The molecule has 40 heavy (non-hydrogen) atoms. The average molecular weight is 537 g/mol. The van der Waals surface area contributed by atoms with Gasteiger partial charge in [-0.3, -0.25) is 4.79 Å². The quantitative estimate of drug-likeness (QED) is 0.216. The van der Waals surface area contributed by atoms with Crippen LogP contribution in [0.2, 0.25) is 0 Å². The van der Waals surface area contributed by atoms with Gasteiger partial charge in [0.2, 0.25) is 5.91 Å². The van der Waals surface area contributed by atoms with Crippen molar-refractivity contribution in [3.05, 3.63) is 113 Å². The fourth-order valence-electron chi connectivity index (χ4n) is 5.27. The Hall–Kier alpha value is -4.43. The van der Waals surface area contributed by atoms with E-state index in [0.717, 1.165) is 45.8 Å². The van der Waals surface area contributed by atoms with Gasteiger partial charge >= 0.3 is 0 Å². The maximum absolute atomic E-state index is 12.3. The largest absolute Gasteiger partial charge is 0.497 e. The third-order valence-corrected chi connectivity index (χ3v) is 7.58. The molecule has 0 bridgehead atoms. The number of nitrogens with zero attached hydrogens (tertiary/aromatic N) is 3. The number of nitrogens with one attached hydrogen (secondary N) is 1. The SMILES string of the molecule is COc1ccc(Cc2nnc([C@H](Cc3c[nH]c4ccccc34)CC(C)(N)C(N)=O)n2CCc2ccccc2)cc1. The Morgan fingerprint density at radius 1 is 1.00 bits per heavy atom. The van der Waals surface area contributed by atoms with Crippen LogP contribution in [0.15, 0.2) is 85.1 Å². The van der Waals surface area contributed by atoms with Gasteiger partial charge in [0.05, 0.1) is 12.6 Å². The molecule has 1 unspecified atom stereocenters. The number of aromatic amines is 1. The molecule has 2 aromatic heterocycles. The first-order valence-corrected chi connectivity index (χ1v) is 13.6. The summed E-state index contributed by atoms with van der Waals surface area (Å²) in [7, 11) is 1.66. The number of carbonyl (C=O) groups is 1. The van der Waals surface area contributed by atoms with E-state index in [4.69, 9.17) is 21.3 Å². The molecule has 0 fully saturated rings. The number of rotatable bonds is 12. The smallest absolute Gasteiger partial charge is 0.237 e. The van der Waals surface area contributed by atoms with E-state index >= 15 is 0 Å². The minimum atomic E-state index is -1.21. The summed E-state index contributed by atoms with van der Waals surface area (Å²) in [6.07, 6.45) is 4.43. The average Bonchev–Trinajstić information content (AvgIpc) is 3.56. The lowest BCUT2D eigenvalue weighted by atomic mass is 9.84. The Bertz CT molecular complexity index is 1570. The zero-order valence-electron chi connectivity index (χ0n) is 23.0. The number of hydrogen-bond donors (Lipinski definition) is 3. The number of fused-ring (bicyclic) bond motifs is 1. The molecular weight excluding hydrogens is 500 g/mol. The third kappa shape index (κ3) is 6.07. The molecular formula is C32H36N6O2. The number of carbonyl (C=O) groups excluding carboxylic acids is 1. The lowest BCUT2D eigenvalue weighted by molar-refractivity contribution is -0.122. The van der Waals surface area contributed by atoms with Crippen LogP contribution in [0.25, 0.3) is 10.9 Å². The molecule has 0 aliphatic heterocycles. The summed E-state index contributed by atoms with van der Waals surface area (Å²) in [5, 5.41) is 10.5. The van der Waals surface area contributed by atoms with E-state index in [1.165, 1.54) is 5.56 Å². The number of primary amides is 1. The Balaban J connectivity index is 1.54. The van der Waals surface area contributed by atoms with Gasteiger partial charge in [0.15, 0.2) is 0 Å². The van der Waals surface area contributed by atoms with Gasteiger partial charge < -0.3 is 25.8 Å². The first kappa shape index (κ1) is 27.1. The summed E-state index contributed by atoms with van der Waals surface area (Å²) in [6, 6.07) is 26.6. The number of H-pyrrole nitrogens is 1. The van der Waals surface area contributed by atoms with E-state index < -0.39 is 11.4 Å². The van der Waals surface area contributed by atoms with Crippen molar-refractivity contribution in [1.82, 2.24) is 19.7 Å². The zero-order valence-corrected chi connectivity index (χ0v) is 23.0. The summed E-state index contributed by atoms with van der Waals surface area (Å²) in [5.41, 5.74) is 15.5. The fourth-order valence-corrected chi connectivity index (χ4v) is 5.27. The van der Waals surface area contributed by atoms with Crippen molar-refractivity contribution in [2.75, 3.05) is 7.11 Å². The molecule has 0 spiro atoms. The van der Waals surface area contributed by atoms with Crippen molar-refractivity contribution in [3.8, 4) is 5.75 Å². The topological polar surface area (TPSA) is 125 Å². The predicted molar refractivity (Wildman–Crippen MR) is 157 cm³/mol. The highest BCUT2D eigenvalue weighted by Crippen LogP contribution is 2.32. The number of aryl methyl sites for hydroxylation is 1. The van der Waals surface area contributed by atoms with Gasteiger partial charge in [-0.25, -0.2) is 0 Å². The number of amides is 1. The number of nitrogens with two attached hydrogens (primary N) is 2. The summed E-state index contributed by atoms with van der Waals surface area (Å²) in [5.74, 6) is 1.75. The minimum Gasteiger partial charge on any atom is -0.497 e. The normalized spacial score (nSPS) is 13.7. The Morgan fingerprint density at radius 2 is 1.73 bits per heavy atom.